The summed E-state index contributed by atoms with van der Waals surface area (Å²) in [6.07, 6.45) is 5.07. The maximum atomic E-state index is 11.9. The van der Waals surface area contributed by atoms with Crippen molar-refractivity contribution in [2.75, 3.05) is 6.54 Å². The summed E-state index contributed by atoms with van der Waals surface area (Å²) in [6.45, 7) is 0.752. The zero-order valence-electron chi connectivity index (χ0n) is 9.51. The van der Waals surface area contributed by atoms with E-state index in [-0.39, 0.29) is 5.91 Å². The fraction of sp³-hybridized carbons (Fsp3) is 0.462. The van der Waals surface area contributed by atoms with Crippen molar-refractivity contribution in [3.05, 3.63) is 33.3 Å². The number of halogens is 2. The van der Waals surface area contributed by atoms with Crippen LogP contribution in [0.15, 0.2) is 22.7 Å². The molecule has 0 radical (unpaired) electrons. The molecule has 0 aromatic heterocycles. The van der Waals surface area contributed by atoms with Gasteiger partial charge in [0.2, 0.25) is 0 Å². The van der Waals surface area contributed by atoms with E-state index in [0.717, 1.165) is 23.4 Å². The number of carbonyl (C=O) groups is 1. The molecule has 1 aliphatic carbocycles. The van der Waals surface area contributed by atoms with E-state index < -0.39 is 0 Å². The molecule has 0 bridgehead atoms. The smallest absolute Gasteiger partial charge is 0.252 e. The SMILES string of the molecule is O=C(NCCC1CCC1)c1cc(Cl)ccc1Br. The number of rotatable bonds is 4. The highest BCUT2D eigenvalue weighted by Gasteiger charge is 2.17. The van der Waals surface area contributed by atoms with E-state index in [1.807, 2.05) is 0 Å². The van der Waals surface area contributed by atoms with Crippen LogP contribution in [-0.4, -0.2) is 12.5 Å². The number of benzene rings is 1. The second-order valence-electron chi connectivity index (χ2n) is 4.47. The van der Waals surface area contributed by atoms with Crippen molar-refractivity contribution in [2.45, 2.75) is 25.7 Å². The maximum Gasteiger partial charge on any atom is 0.252 e. The van der Waals surface area contributed by atoms with Gasteiger partial charge < -0.3 is 5.32 Å². The lowest BCUT2D eigenvalue weighted by molar-refractivity contribution is 0.0948. The second-order valence-corrected chi connectivity index (χ2v) is 5.76. The van der Waals surface area contributed by atoms with Crippen LogP contribution in [0.5, 0.6) is 0 Å². The van der Waals surface area contributed by atoms with E-state index in [1.54, 1.807) is 18.2 Å². The van der Waals surface area contributed by atoms with Gasteiger partial charge in [-0.3, -0.25) is 4.79 Å². The zero-order chi connectivity index (χ0) is 12.3. The number of hydrogen-bond acceptors (Lipinski definition) is 1. The largest absolute Gasteiger partial charge is 0.352 e. The van der Waals surface area contributed by atoms with Crippen LogP contribution in [-0.2, 0) is 0 Å². The molecule has 1 aliphatic rings. The van der Waals surface area contributed by atoms with Gasteiger partial charge in [-0.25, -0.2) is 0 Å². The van der Waals surface area contributed by atoms with E-state index in [2.05, 4.69) is 21.2 Å². The van der Waals surface area contributed by atoms with Crippen LogP contribution in [0.4, 0.5) is 0 Å². The van der Waals surface area contributed by atoms with Gasteiger partial charge >= 0.3 is 0 Å². The molecule has 0 saturated heterocycles. The topological polar surface area (TPSA) is 29.1 Å². The van der Waals surface area contributed by atoms with E-state index >= 15 is 0 Å². The van der Waals surface area contributed by atoms with E-state index in [1.165, 1.54) is 19.3 Å². The molecule has 1 aromatic carbocycles. The molecular weight excluding hydrogens is 302 g/mol. The molecule has 1 saturated carbocycles. The van der Waals surface area contributed by atoms with E-state index in [0.29, 0.717) is 10.6 Å². The molecule has 0 heterocycles. The molecule has 0 spiro atoms. The third-order valence-corrected chi connectivity index (χ3v) is 4.16. The standard InChI is InChI=1S/C13H15BrClNO/c14-12-5-4-10(15)8-11(12)13(17)16-7-6-9-2-1-3-9/h4-5,8-9H,1-3,6-7H2,(H,16,17). The Morgan fingerprint density at radius 2 is 2.24 bits per heavy atom. The number of hydrogen-bond donors (Lipinski definition) is 1. The quantitative estimate of drug-likeness (QED) is 0.893. The lowest BCUT2D eigenvalue weighted by Gasteiger charge is -2.25. The number of amides is 1. The van der Waals surface area contributed by atoms with Gasteiger partial charge in [-0.05, 0) is 46.5 Å². The predicted molar refractivity (Wildman–Crippen MR) is 73.4 cm³/mol. The summed E-state index contributed by atoms with van der Waals surface area (Å²) in [5.41, 5.74) is 0.603. The van der Waals surface area contributed by atoms with Crippen LogP contribution in [0.3, 0.4) is 0 Å². The molecule has 0 atom stereocenters. The van der Waals surface area contributed by atoms with Gasteiger partial charge in [-0.15, -0.1) is 0 Å². The first-order valence-corrected chi connectivity index (χ1v) is 7.07. The van der Waals surface area contributed by atoms with Crippen molar-refractivity contribution >= 4 is 33.4 Å². The van der Waals surface area contributed by atoms with Gasteiger partial charge in [0.1, 0.15) is 0 Å². The summed E-state index contributed by atoms with van der Waals surface area (Å²) in [6, 6.07) is 5.24. The first-order valence-electron chi connectivity index (χ1n) is 5.90. The van der Waals surface area contributed by atoms with Crippen molar-refractivity contribution in [3.8, 4) is 0 Å². The average molecular weight is 317 g/mol. The van der Waals surface area contributed by atoms with Gasteiger partial charge in [-0.2, -0.15) is 0 Å². The van der Waals surface area contributed by atoms with Crippen LogP contribution in [0, 0.1) is 5.92 Å². The molecule has 2 nitrogen and oxygen atoms in total. The van der Waals surface area contributed by atoms with Crippen molar-refractivity contribution in [1.82, 2.24) is 5.32 Å². The maximum absolute atomic E-state index is 11.9. The molecule has 17 heavy (non-hydrogen) atoms. The lowest BCUT2D eigenvalue weighted by atomic mass is 9.83. The number of nitrogens with one attached hydrogen (secondary N) is 1. The van der Waals surface area contributed by atoms with Crippen LogP contribution < -0.4 is 5.32 Å². The van der Waals surface area contributed by atoms with Crippen LogP contribution >= 0.6 is 27.5 Å². The van der Waals surface area contributed by atoms with Gasteiger partial charge in [0.05, 0.1) is 5.56 Å². The summed E-state index contributed by atoms with van der Waals surface area (Å²) in [4.78, 5) is 11.9. The Kier molecular flexibility index (Phi) is 4.46. The first kappa shape index (κ1) is 12.9. The fourth-order valence-electron chi connectivity index (χ4n) is 1.94. The molecule has 1 N–H and O–H groups in total. The van der Waals surface area contributed by atoms with Gasteiger partial charge in [-0.1, -0.05) is 30.9 Å². The molecule has 1 fully saturated rings. The fourth-order valence-corrected chi connectivity index (χ4v) is 2.54. The number of carbonyl (C=O) groups excluding carboxylic acids is 1. The van der Waals surface area contributed by atoms with Crippen molar-refractivity contribution < 1.29 is 4.79 Å². The van der Waals surface area contributed by atoms with Crippen molar-refractivity contribution in [3.63, 3.8) is 0 Å². The third-order valence-electron chi connectivity index (χ3n) is 3.24. The Morgan fingerprint density at radius 1 is 1.47 bits per heavy atom. The van der Waals surface area contributed by atoms with Crippen LogP contribution in [0.25, 0.3) is 0 Å². The molecule has 1 amide bonds. The molecule has 2 rings (SSSR count). The van der Waals surface area contributed by atoms with Crippen LogP contribution in [0.2, 0.25) is 5.02 Å². The lowest BCUT2D eigenvalue weighted by Crippen LogP contribution is -2.27. The zero-order valence-corrected chi connectivity index (χ0v) is 11.9. The Morgan fingerprint density at radius 3 is 2.88 bits per heavy atom. The Labute approximate surface area is 115 Å². The van der Waals surface area contributed by atoms with Gasteiger partial charge in [0, 0.05) is 16.0 Å². The summed E-state index contributed by atoms with van der Waals surface area (Å²) >= 11 is 9.23. The normalized spacial score (nSPS) is 15.4. The summed E-state index contributed by atoms with van der Waals surface area (Å²) < 4.78 is 0.781. The molecule has 92 valence electrons. The predicted octanol–water partition coefficient (Wildman–Crippen LogP) is 4.02. The summed E-state index contributed by atoms with van der Waals surface area (Å²) in [5, 5.41) is 3.52. The summed E-state index contributed by atoms with van der Waals surface area (Å²) in [5.74, 6) is 0.761. The Bertz CT molecular complexity index is 418. The molecule has 1 aromatic rings. The Hall–Kier alpha value is -0.540. The Balaban J connectivity index is 1.87. The third kappa shape index (κ3) is 3.46. The highest BCUT2D eigenvalue weighted by Crippen LogP contribution is 2.28. The van der Waals surface area contributed by atoms with Crippen molar-refractivity contribution in [1.29, 1.82) is 0 Å². The van der Waals surface area contributed by atoms with E-state index in [9.17, 15) is 4.79 Å². The minimum atomic E-state index is -0.0568. The highest BCUT2D eigenvalue weighted by molar-refractivity contribution is 9.10. The van der Waals surface area contributed by atoms with E-state index in [4.69, 9.17) is 11.6 Å². The second kappa shape index (κ2) is 5.87. The van der Waals surface area contributed by atoms with Crippen LogP contribution in [0.1, 0.15) is 36.0 Å². The highest BCUT2D eigenvalue weighted by atomic mass is 79.9. The molecule has 0 aliphatic heterocycles. The van der Waals surface area contributed by atoms with Gasteiger partial charge in [0.25, 0.3) is 5.91 Å². The average Bonchev–Trinajstić information content (AvgIpc) is 2.25. The minimum absolute atomic E-state index is 0.0568. The molecule has 4 heteroatoms. The molecular formula is C13H15BrClNO. The van der Waals surface area contributed by atoms with Gasteiger partial charge in [0.15, 0.2) is 0 Å². The molecule has 0 unspecified atom stereocenters. The van der Waals surface area contributed by atoms with Crippen molar-refractivity contribution in [2.24, 2.45) is 5.92 Å². The minimum Gasteiger partial charge on any atom is -0.352 e. The first-order chi connectivity index (χ1) is 8.16. The monoisotopic (exact) mass is 315 g/mol. The summed E-state index contributed by atoms with van der Waals surface area (Å²) in [7, 11) is 0.